The van der Waals surface area contributed by atoms with E-state index in [-0.39, 0.29) is 11.9 Å². The summed E-state index contributed by atoms with van der Waals surface area (Å²) in [5.74, 6) is -0.677. The number of hydrogen-bond donors (Lipinski definition) is 0. The second-order valence-corrected chi connectivity index (χ2v) is 14.2. The van der Waals surface area contributed by atoms with Gasteiger partial charge in [-0.2, -0.15) is 0 Å². The van der Waals surface area contributed by atoms with Crippen molar-refractivity contribution in [3.63, 3.8) is 0 Å². The van der Waals surface area contributed by atoms with Crippen molar-refractivity contribution < 1.29 is 28.5 Å². The number of unbranched alkanes of at least 4 members (excludes halogenated alkanes) is 3. The molecule has 0 fully saturated rings. The number of esters is 2. The summed E-state index contributed by atoms with van der Waals surface area (Å²) in [6.45, 7) is 3.29. The van der Waals surface area contributed by atoms with Crippen molar-refractivity contribution in [2.24, 2.45) is 9.98 Å². The maximum atomic E-state index is 12.5. The first-order chi connectivity index (χ1) is 29.6. The molecule has 6 aromatic carbocycles. The number of rotatable bonds is 23. The van der Waals surface area contributed by atoms with Crippen molar-refractivity contribution in [3.05, 3.63) is 180 Å². The lowest BCUT2D eigenvalue weighted by molar-refractivity contribution is 0.0465. The van der Waals surface area contributed by atoms with Crippen LogP contribution in [0.5, 0.6) is 0 Å². The highest BCUT2D eigenvalue weighted by Crippen LogP contribution is 2.21. The van der Waals surface area contributed by atoms with E-state index in [1.54, 1.807) is 24.3 Å². The third kappa shape index (κ3) is 14.7. The van der Waals surface area contributed by atoms with Crippen LogP contribution in [0.2, 0.25) is 0 Å². The molecule has 0 N–H and O–H groups in total. The van der Waals surface area contributed by atoms with Crippen LogP contribution in [0, 0.1) is 0 Å². The molecule has 0 spiro atoms. The first kappa shape index (κ1) is 43.1. The predicted octanol–water partition coefficient (Wildman–Crippen LogP) is 11.9. The van der Waals surface area contributed by atoms with E-state index < -0.39 is 0 Å². The molecule has 0 bridgehead atoms. The summed E-state index contributed by atoms with van der Waals surface area (Å²) in [7, 11) is 0. The molecule has 0 aromatic heterocycles. The molecule has 0 aliphatic rings. The molecule has 0 aliphatic carbocycles. The van der Waals surface area contributed by atoms with Gasteiger partial charge in [0.1, 0.15) is 0 Å². The molecule has 60 heavy (non-hydrogen) atoms. The first-order valence-corrected chi connectivity index (χ1v) is 20.7. The zero-order chi connectivity index (χ0) is 41.5. The van der Waals surface area contributed by atoms with E-state index in [0.717, 1.165) is 72.2 Å². The van der Waals surface area contributed by atoms with Gasteiger partial charge in [0, 0.05) is 38.9 Å². The standard InChI is InChI=1S/C52H52N2O6/c55-51(47-25-29-49(30-26-47)53-39-41-17-21-45(22-18-41)43-13-3-1-4-14-43)59-37-11-9-35-57-33-7-8-34-58-36-10-12-38-60-52(56)48-27-31-50(32-28-48)54-40-42-19-23-46(24-20-42)44-15-5-2-6-16-44/h1-6,13-32,39-40H,7-12,33-38H2. The second-order valence-electron chi connectivity index (χ2n) is 14.2. The SMILES string of the molecule is O=C(OCCCCOCCCCOCCCCOC(=O)c1ccc(N=Cc2ccc(-c3ccccc3)cc2)cc1)c1ccc(N=Cc2ccc(-c3ccccc3)cc2)cc1. The van der Waals surface area contributed by atoms with Gasteiger partial charge >= 0.3 is 11.9 Å². The van der Waals surface area contributed by atoms with Crippen LogP contribution < -0.4 is 0 Å². The average molecular weight is 801 g/mol. The van der Waals surface area contributed by atoms with Crippen molar-refractivity contribution in [2.45, 2.75) is 38.5 Å². The minimum Gasteiger partial charge on any atom is -0.462 e. The summed E-state index contributed by atoms with van der Waals surface area (Å²) in [6, 6.07) is 51.2. The third-order valence-electron chi connectivity index (χ3n) is 9.63. The van der Waals surface area contributed by atoms with Crippen LogP contribution in [0.3, 0.4) is 0 Å². The number of hydrogen-bond acceptors (Lipinski definition) is 8. The fraction of sp³-hybridized carbons (Fsp3) is 0.231. The zero-order valence-corrected chi connectivity index (χ0v) is 34.0. The molecule has 0 saturated heterocycles. The highest BCUT2D eigenvalue weighted by Gasteiger charge is 2.08. The van der Waals surface area contributed by atoms with Gasteiger partial charge in [0.05, 0.1) is 35.7 Å². The second kappa shape index (κ2) is 24.4. The molecular formula is C52H52N2O6. The quantitative estimate of drug-likeness (QED) is 0.0364. The maximum absolute atomic E-state index is 12.5. The number of ether oxygens (including phenoxy) is 4. The highest BCUT2D eigenvalue weighted by atomic mass is 16.5. The van der Waals surface area contributed by atoms with E-state index in [0.29, 0.717) is 50.8 Å². The van der Waals surface area contributed by atoms with Gasteiger partial charge in [0.25, 0.3) is 0 Å². The van der Waals surface area contributed by atoms with Gasteiger partial charge in [-0.15, -0.1) is 0 Å². The highest BCUT2D eigenvalue weighted by molar-refractivity contribution is 5.91. The summed E-state index contributed by atoms with van der Waals surface area (Å²) in [6.07, 6.45) is 8.58. The average Bonchev–Trinajstić information content (AvgIpc) is 3.31. The summed E-state index contributed by atoms with van der Waals surface area (Å²) in [4.78, 5) is 34.0. The molecule has 6 aromatic rings. The van der Waals surface area contributed by atoms with E-state index >= 15 is 0 Å². The number of benzene rings is 6. The van der Waals surface area contributed by atoms with Crippen molar-refractivity contribution in [2.75, 3.05) is 39.6 Å². The minimum atomic E-state index is -0.338. The Morgan fingerprint density at radius 3 is 1.03 bits per heavy atom. The molecule has 0 unspecified atom stereocenters. The lowest BCUT2D eigenvalue weighted by Gasteiger charge is -2.07. The fourth-order valence-corrected chi connectivity index (χ4v) is 6.17. The monoisotopic (exact) mass is 800 g/mol. The van der Waals surface area contributed by atoms with Gasteiger partial charge in [-0.3, -0.25) is 9.98 Å². The summed E-state index contributed by atoms with van der Waals surface area (Å²) in [5.41, 5.74) is 9.22. The van der Waals surface area contributed by atoms with Crippen molar-refractivity contribution >= 4 is 35.7 Å². The topological polar surface area (TPSA) is 95.8 Å². The van der Waals surface area contributed by atoms with E-state index in [1.165, 1.54) is 11.1 Å². The Hall–Kier alpha value is -6.48. The Morgan fingerprint density at radius 1 is 0.367 bits per heavy atom. The van der Waals surface area contributed by atoms with Gasteiger partial charge in [-0.25, -0.2) is 9.59 Å². The number of aliphatic imine (C=N–C) groups is 2. The predicted molar refractivity (Wildman–Crippen MR) is 241 cm³/mol. The zero-order valence-electron chi connectivity index (χ0n) is 34.0. The Kier molecular flexibility index (Phi) is 17.6. The van der Waals surface area contributed by atoms with Crippen LogP contribution >= 0.6 is 0 Å². The normalized spacial score (nSPS) is 11.3. The van der Waals surface area contributed by atoms with E-state index in [9.17, 15) is 9.59 Å². The lowest BCUT2D eigenvalue weighted by atomic mass is 10.0. The van der Waals surface area contributed by atoms with Gasteiger partial charge < -0.3 is 18.9 Å². The minimum absolute atomic E-state index is 0.338. The first-order valence-electron chi connectivity index (χ1n) is 20.7. The molecule has 306 valence electrons. The maximum Gasteiger partial charge on any atom is 0.338 e. The van der Waals surface area contributed by atoms with Crippen LogP contribution in [0.4, 0.5) is 11.4 Å². The van der Waals surface area contributed by atoms with Crippen LogP contribution in [-0.2, 0) is 18.9 Å². The van der Waals surface area contributed by atoms with Crippen LogP contribution in [0.15, 0.2) is 168 Å². The molecule has 0 atom stereocenters. The van der Waals surface area contributed by atoms with E-state index in [1.807, 2.05) is 97.4 Å². The van der Waals surface area contributed by atoms with Crippen LogP contribution in [0.25, 0.3) is 22.3 Å². The Bertz CT molecular complexity index is 2060. The Balaban J connectivity index is 0.722. The van der Waals surface area contributed by atoms with Gasteiger partial charge in [-0.05, 0) is 120 Å². The Labute approximate surface area is 353 Å². The van der Waals surface area contributed by atoms with Crippen molar-refractivity contribution in [1.29, 1.82) is 0 Å². The Morgan fingerprint density at radius 2 is 0.683 bits per heavy atom. The molecule has 0 aliphatic heterocycles. The van der Waals surface area contributed by atoms with E-state index in [2.05, 4.69) is 58.5 Å². The molecular weight excluding hydrogens is 749 g/mol. The van der Waals surface area contributed by atoms with Crippen molar-refractivity contribution in [3.8, 4) is 22.3 Å². The number of nitrogens with zero attached hydrogens (tertiary/aromatic N) is 2. The smallest absolute Gasteiger partial charge is 0.338 e. The molecule has 0 amide bonds. The van der Waals surface area contributed by atoms with Gasteiger partial charge in [-0.1, -0.05) is 109 Å². The van der Waals surface area contributed by atoms with Crippen molar-refractivity contribution in [1.82, 2.24) is 0 Å². The largest absolute Gasteiger partial charge is 0.462 e. The lowest BCUT2D eigenvalue weighted by Crippen LogP contribution is -2.08. The molecule has 0 radical (unpaired) electrons. The third-order valence-corrected chi connectivity index (χ3v) is 9.63. The van der Waals surface area contributed by atoms with Crippen LogP contribution in [0.1, 0.15) is 70.4 Å². The summed E-state index contributed by atoms with van der Waals surface area (Å²) >= 11 is 0. The van der Waals surface area contributed by atoms with E-state index in [4.69, 9.17) is 18.9 Å². The van der Waals surface area contributed by atoms with Crippen LogP contribution in [-0.4, -0.2) is 64.0 Å². The van der Waals surface area contributed by atoms with Gasteiger partial charge in [0.2, 0.25) is 0 Å². The summed E-state index contributed by atoms with van der Waals surface area (Å²) in [5, 5.41) is 0. The van der Waals surface area contributed by atoms with Gasteiger partial charge in [0.15, 0.2) is 0 Å². The molecule has 0 saturated carbocycles. The molecule has 6 rings (SSSR count). The molecule has 8 nitrogen and oxygen atoms in total. The summed E-state index contributed by atoms with van der Waals surface area (Å²) < 4.78 is 22.3. The fourth-order valence-electron chi connectivity index (χ4n) is 6.17. The number of carbonyl (C=O) groups excluding carboxylic acids is 2. The number of carbonyl (C=O) groups is 2. The molecule has 8 heteroatoms. The molecule has 0 heterocycles.